The summed E-state index contributed by atoms with van der Waals surface area (Å²) in [5.74, 6) is -2.84. The maximum absolute atomic E-state index is 13.8. The number of carboxylic acid groups (broad SMARTS) is 1. The van der Waals surface area contributed by atoms with E-state index in [2.05, 4.69) is 10.6 Å². The Morgan fingerprint density at radius 1 is 1.03 bits per heavy atom. The number of nitrogens with zero attached hydrogens (tertiary/aromatic N) is 1. The van der Waals surface area contributed by atoms with Crippen LogP contribution in [0.3, 0.4) is 0 Å². The van der Waals surface area contributed by atoms with E-state index in [1.54, 1.807) is 17.0 Å². The van der Waals surface area contributed by atoms with Gasteiger partial charge in [0.15, 0.2) is 11.6 Å². The number of fused-ring (bicyclic) bond motifs is 1. The molecule has 1 aliphatic heterocycles. The fourth-order valence-electron chi connectivity index (χ4n) is 4.59. The lowest BCUT2D eigenvalue weighted by Crippen LogP contribution is -2.39. The molecule has 186 valence electrons. The van der Waals surface area contributed by atoms with Crippen molar-refractivity contribution in [3.63, 3.8) is 0 Å². The standard InChI is InChI=1S/C25H27F2N3O5/c26-20-2-1-3-21(23(20)27)29-24(33)28-18-7-6-17-14-30(11-10-16(17)13-18)25(34)35-19-8-4-15(5-9-19)12-22(31)32/h1-3,6-7,13,15,19H,4-5,8-12,14H2,(H,31,32)(H2,28,29,33)/t15-,19-. The van der Waals surface area contributed by atoms with Crippen molar-refractivity contribution in [3.8, 4) is 0 Å². The first-order valence-corrected chi connectivity index (χ1v) is 11.6. The van der Waals surface area contributed by atoms with Crippen molar-refractivity contribution in [3.05, 3.63) is 59.2 Å². The van der Waals surface area contributed by atoms with E-state index in [1.807, 2.05) is 6.07 Å². The first-order chi connectivity index (χ1) is 16.8. The number of rotatable bonds is 5. The number of carbonyl (C=O) groups is 3. The number of carbonyl (C=O) groups excluding carboxylic acids is 2. The van der Waals surface area contributed by atoms with Crippen molar-refractivity contribution in [1.29, 1.82) is 0 Å². The van der Waals surface area contributed by atoms with Crippen LogP contribution in [0.2, 0.25) is 0 Å². The fraction of sp³-hybridized carbons (Fsp3) is 0.400. The number of halogens is 2. The predicted octanol–water partition coefficient (Wildman–Crippen LogP) is 5.14. The number of aliphatic carboxylic acids is 1. The van der Waals surface area contributed by atoms with Gasteiger partial charge in [0.2, 0.25) is 0 Å². The predicted molar refractivity (Wildman–Crippen MR) is 124 cm³/mol. The zero-order valence-electron chi connectivity index (χ0n) is 19.1. The molecule has 0 spiro atoms. The zero-order chi connectivity index (χ0) is 24.9. The van der Waals surface area contributed by atoms with Crippen molar-refractivity contribution in [2.45, 2.75) is 51.2 Å². The Hall–Kier alpha value is -3.69. The van der Waals surface area contributed by atoms with Crippen LogP contribution in [0, 0.1) is 17.6 Å². The summed E-state index contributed by atoms with van der Waals surface area (Å²) in [6.45, 7) is 0.841. The quantitative estimate of drug-likeness (QED) is 0.542. The monoisotopic (exact) mass is 487 g/mol. The summed E-state index contributed by atoms with van der Waals surface area (Å²) in [6, 6.07) is 8.11. The molecule has 0 unspecified atom stereocenters. The summed E-state index contributed by atoms with van der Waals surface area (Å²) in [6.07, 6.45) is 2.98. The summed E-state index contributed by atoms with van der Waals surface area (Å²) in [5, 5.41) is 13.8. The first kappa shape index (κ1) is 24.4. The van der Waals surface area contributed by atoms with Gasteiger partial charge in [0.05, 0.1) is 5.69 Å². The van der Waals surface area contributed by atoms with E-state index in [0.29, 0.717) is 38.0 Å². The Bertz CT molecular complexity index is 1120. The van der Waals surface area contributed by atoms with E-state index in [9.17, 15) is 23.2 Å². The third kappa shape index (κ3) is 6.26. The molecule has 8 nitrogen and oxygen atoms in total. The molecule has 35 heavy (non-hydrogen) atoms. The molecule has 0 atom stereocenters. The largest absolute Gasteiger partial charge is 0.481 e. The van der Waals surface area contributed by atoms with Crippen LogP contribution in [-0.4, -0.2) is 40.7 Å². The number of nitrogens with one attached hydrogen (secondary N) is 2. The van der Waals surface area contributed by atoms with Crippen LogP contribution in [0.5, 0.6) is 0 Å². The summed E-state index contributed by atoms with van der Waals surface area (Å²) in [4.78, 5) is 37.4. The van der Waals surface area contributed by atoms with Gasteiger partial charge in [-0.05, 0) is 73.4 Å². The minimum absolute atomic E-state index is 0.141. The molecule has 0 saturated heterocycles. The van der Waals surface area contributed by atoms with Crippen molar-refractivity contribution in [2.24, 2.45) is 5.92 Å². The lowest BCUT2D eigenvalue weighted by atomic mass is 9.85. The fourth-order valence-corrected chi connectivity index (χ4v) is 4.59. The van der Waals surface area contributed by atoms with Crippen molar-refractivity contribution in [1.82, 2.24) is 4.90 Å². The molecule has 1 fully saturated rings. The Kier molecular flexibility index (Phi) is 7.48. The second-order valence-electron chi connectivity index (χ2n) is 8.96. The molecule has 1 heterocycles. The van der Waals surface area contributed by atoms with Gasteiger partial charge in [-0.2, -0.15) is 0 Å². The normalized spacial score (nSPS) is 19.4. The van der Waals surface area contributed by atoms with E-state index in [1.165, 1.54) is 12.1 Å². The number of urea groups is 1. The van der Waals surface area contributed by atoms with Gasteiger partial charge in [0.1, 0.15) is 6.10 Å². The van der Waals surface area contributed by atoms with Crippen LogP contribution in [0.4, 0.5) is 29.7 Å². The second kappa shape index (κ2) is 10.7. The Morgan fingerprint density at radius 3 is 2.54 bits per heavy atom. The van der Waals surface area contributed by atoms with Gasteiger partial charge in [-0.15, -0.1) is 0 Å². The molecule has 0 bridgehead atoms. The van der Waals surface area contributed by atoms with E-state index < -0.39 is 23.6 Å². The number of anilines is 2. The molecule has 2 aromatic carbocycles. The van der Waals surface area contributed by atoms with E-state index in [0.717, 1.165) is 30.0 Å². The van der Waals surface area contributed by atoms with Gasteiger partial charge in [0.25, 0.3) is 0 Å². The summed E-state index contributed by atoms with van der Waals surface area (Å²) in [7, 11) is 0. The molecule has 10 heteroatoms. The van der Waals surface area contributed by atoms with E-state index in [-0.39, 0.29) is 30.2 Å². The third-order valence-corrected chi connectivity index (χ3v) is 6.46. The molecule has 3 N–H and O–H groups in total. The lowest BCUT2D eigenvalue weighted by Gasteiger charge is -2.32. The molecule has 1 aliphatic carbocycles. The maximum atomic E-state index is 13.8. The number of hydrogen-bond acceptors (Lipinski definition) is 4. The summed E-state index contributed by atoms with van der Waals surface area (Å²) >= 11 is 0. The zero-order valence-corrected chi connectivity index (χ0v) is 19.1. The first-order valence-electron chi connectivity index (χ1n) is 11.6. The number of hydrogen-bond donors (Lipinski definition) is 3. The molecule has 1 saturated carbocycles. The number of amides is 3. The van der Waals surface area contributed by atoms with Crippen LogP contribution < -0.4 is 10.6 Å². The van der Waals surface area contributed by atoms with Gasteiger partial charge >= 0.3 is 18.1 Å². The molecule has 0 aromatic heterocycles. The molecular weight excluding hydrogens is 460 g/mol. The van der Waals surface area contributed by atoms with Crippen LogP contribution >= 0.6 is 0 Å². The smallest absolute Gasteiger partial charge is 0.410 e. The minimum Gasteiger partial charge on any atom is -0.481 e. The Labute approximate surface area is 201 Å². The van der Waals surface area contributed by atoms with Crippen LogP contribution in [0.1, 0.15) is 43.2 Å². The average Bonchev–Trinajstić information content (AvgIpc) is 2.82. The number of benzene rings is 2. The van der Waals surface area contributed by atoms with E-state index >= 15 is 0 Å². The van der Waals surface area contributed by atoms with Crippen LogP contribution in [-0.2, 0) is 22.5 Å². The van der Waals surface area contributed by atoms with Crippen LogP contribution in [0.25, 0.3) is 0 Å². The van der Waals surface area contributed by atoms with Crippen molar-refractivity contribution >= 4 is 29.5 Å². The third-order valence-electron chi connectivity index (χ3n) is 6.46. The lowest BCUT2D eigenvalue weighted by molar-refractivity contribution is -0.138. The molecule has 2 aromatic rings. The highest BCUT2D eigenvalue weighted by molar-refractivity contribution is 5.99. The molecule has 0 radical (unpaired) electrons. The number of ether oxygens (including phenoxy) is 1. The molecule has 4 rings (SSSR count). The van der Waals surface area contributed by atoms with Crippen molar-refractivity contribution in [2.75, 3.05) is 17.2 Å². The number of carboxylic acids is 1. The van der Waals surface area contributed by atoms with Gasteiger partial charge < -0.3 is 25.4 Å². The summed E-state index contributed by atoms with van der Waals surface area (Å²) < 4.78 is 32.7. The average molecular weight is 488 g/mol. The van der Waals surface area contributed by atoms with E-state index in [4.69, 9.17) is 9.84 Å². The van der Waals surface area contributed by atoms with Crippen LogP contribution in [0.15, 0.2) is 36.4 Å². The van der Waals surface area contributed by atoms with Gasteiger partial charge in [-0.1, -0.05) is 12.1 Å². The molecule has 2 aliphatic rings. The molecule has 3 amide bonds. The SMILES string of the molecule is O=C(O)C[C@H]1CC[C@H](OC(=O)N2CCc3cc(NC(=O)Nc4cccc(F)c4F)ccc3C2)CC1. The topological polar surface area (TPSA) is 108 Å². The second-order valence-corrected chi connectivity index (χ2v) is 8.96. The van der Waals surface area contributed by atoms with Gasteiger partial charge in [-0.25, -0.2) is 18.4 Å². The van der Waals surface area contributed by atoms with Gasteiger partial charge in [-0.3, -0.25) is 4.79 Å². The highest BCUT2D eigenvalue weighted by Gasteiger charge is 2.28. The Balaban J connectivity index is 1.28. The minimum atomic E-state index is -1.13. The summed E-state index contributed by atoms with van der Waals surface area (Å²) in [5.41, 5.74) is 2.13. The molecular formula is C25H27F2N3O5. The van der Waals surface area contributed by atoms with Gasteiger partial charge in [0, 0.05) is 25.2 Å². The maximum Gasteiger partial charge on any atom is 0.410 e. The highest BCUT2D eigenvalue weighted by atomic mass is 19.2. The van der Waals surface area contributed by atoms with Crippen molar-refractivity contribution < 1.29 is 33.0 Å². The highest BCUT2D eigenvalue weighted by Crippen LogP contribution is 2.30. The Morgan fingerprint density at radius 2 is 1.80 bits per heavy atom.